The van der Waals surface area contributed by atoms with Crippen LogP contribution in [0.3, 0.4) is 0 Å². The summed E-state index contributed by atoms with van der Waals surface area (Å²) in [7, 11) is 2.28. The number of carbonyl (C=O) groups is 2. The van der Waals surface area contributed by atoms with Crippen LogP contribution in [-0.2, 0) is 9.53 Å². The van der Waals surface area contributed by atoms with Crippen molar-refractivity contribution >= 4 is 32.7 Å². The predicted molar refractivity (Wildman–Crippen MR) is 91.8 cm³/mol. The third-order valence-electron chi connectivity index (χ3n) is 2.83. The molecule has 0 aliphatic rings. The zero-order valence-corrected chi connectivity index (χ0v) is 13.7. The van der Waals surface area contributed by atoms with E-state index in [-0.39, 0.29) is 11.1 Å². The van der Waals surface area contributed by atoms with Crippen molar-refractivity contribution in [3.05, 3.63) is 71.8 Å². The lowest BCUT2D eigenvalue weighted by molar-refractivity contribution is -0.142. The first-order valence-electron chi connectivity index (χ1n) is 6.86. The van der Waals surface area contributed by atoms with Gasteiger partial charge in [-0.1, -0.05) is 71.5 Å². The lowest BCUT2D eigenvalue weighted by Gasteiger charge is -2.14. The lowest BCUT2D eigenvalue weighted by atomic mass is 10.1. The SMILES string of the molecule is CCOC(=O)C(SSC(=O)c1ccccc1)c1ccccc1. The number of hydrogen-bond acceptors (Lipinski definition) is 5. The number of esters is 1. The Morgan fingerprint density at radius 3 is 2.18 bits per heavy atom. The third kappa shape index (κ3) is 4.64. The maximum atomic E-state index is 12.2. The predicted octanol–water partition coefficient (Wildman–Crippen LogP) is 4.51. The van der Waals surface area contributed by atoms with Crippen LogP contribution in [0.15, 0.2) is 60.7 Å². The molecule has 0 radical (unpaired) electrons. The molecule has 0 saturated heterocycles. The number of carbonyl (C=O) groups excluding carboxylic acids is 2. The van der Waals surface area contributed by atoms with Gasteiger partial charge in [-0.15, -0.1) is 0 Å². The van der Waals surface area contributed by atoms with E-state index in [0.717, 1.165) is 16.4 Å². The number of ether oxygens (including phenoxy) is 1. The number of hydrogen-bond donors (Lipinski definition) is 0. The highest BCUT2D eigenvalue weighted by Crippen LogP contribution is 2.40. The summed E-state index contributed by atoms with van der Waals surface area (Å²) < 4.78 is 5.11. The summed E-state index contributed by atoms with van der Waals surface area (Å²) in [6.45, 7) is 2.09. The molecule has 1 atom stereocenters. The van der Waals surface area contributed by atoms with Gasteiger partial charge in [0.05, 0.1) is 6.61 Å². The van der Waals surface area contributed by atoms with Gasteiger partial charge in [0, 0.05) is 5.56 Å². The first kappa shape index (κ1) is 16.6. The Kier molecular flexibility index (Phi) is 6.55. The molecule has 0 spiro atoms. The van der Waals surface area contributed by atoms with Crippen LogP contribution < -0.4 is 0 Å². The zero-order valence-electron chi connectivity index (χ0n) is 12.1. The van der Waals surface area contributed by atoms with Gasteiger partial charge in [0.25, 0.3) is 0 Å². The molecule has 0 aliphatic heterocycles. The maximum absolute atomic E-state index is 12.2. The normalized spacial score (nSPS) is 11.7. The number of rotatable bonds is 6. The highest BCUT2D eigenvalue weighted by molar-refractivity contribution is 8.82. The maximum Gasteiger partial charge on any atom is 0.324 e. The molecule has 0 aromatic heterocycles. The van der Waals surface area contributed by atoms with Crippen LogP contribution in [0.1, 0.15) is 28.1 Å². The molecule has 0 aliphatic carbocycles. The van der Waals surface area contributed by atoms with Gasteiger partial charge in [-0.05, 0) is 23.3 Å². The van der Waals surface area contributed by atoms with Crippen LogP contribution in [0.5, 0.6) is 0 Å². The third-order valence-corrected chi connectivity index (χ3v) is 5.29. The number of benzene rings is 2. The van der Waals surface area contributed by atoms with Crippen LogP contribution >= 0.6 is 21.6 Å². The second kappa shape index (κ2) is 8.66. The van der Waals surface area contributed by atoms with E-state index in [1.807, 2.05) is 48.5 Å². The summed E-state index contributed by atoms with van der Waals surface area (Å²) in [6, 6.07) is 18.4. The molecule has 0 heterocycles. The second-order valence-corrected chi connectivity index (χ2v) is 6.65. The van der Waals surface area contributed by atoms with E-state index in [4.69, 9.17) is 4.74 Å². The largest absolute Gasteiger partial charge is 0.465 e. The standard InChI is InChI=1S/C17H16O3S2/c1-2-20-16(18)15(13-9-5-3-6-10-13)21-22-17(19)14-11-7-4-8-12-14/h3-12,15H,2H2,1H3. The molecule has 0 N–H and O–H groups in total. The Morgan fingerprint density at radius 1 is 1.00 bits per heavy atom. The molecular formula is C17H16O3S2. The Hall–Kier alpha value is -1.72. The van der Waals surface area contributed by atoms with Crippen molar-refractivity contribution in [2.45, 2.75) is 12.2 Å². The molecule has 2 rings (SSSR count). The fourth-order valence-electron chi connectivity index (χ4n) is 1.79. The Balaban J connectivity index is 2.07. The monoisotopic (exact) mass is 332 g/mol. The first-order chi connectivity index (χ1) is 10.7. The molecule has 0 fully saturated rings. The molecule has 0 bridgehead atoms. The van der Waals surface area contributed by atoms with E-state index in [2.05, 4.69) is 0 Å². The minimum atomic E-state index is -0.515. The van der Waals surface area contributed by atoms with E-state index in [9.17, 15) is 9.59 Å². The fourth-order valence-corrected chi connectivity index (χ4v) is 4.03. The summed E-state index contributed by atoms with van der Waals surface area (Å²) in [6.07, 6.45) is 0. The molecule has 22 heavy (non-hydrogen) atoms. The van der Waals surface area contributed by atoms with E-state index in [0.29, 0.717) is 12.2 Å². The van der Waals surface area contributed by atoms with Crippen LogP contribution in [0.4, 0.5) is 0 Å². The molecule has 0 saturated carbocycles. The average Bonchev–Trinajstić information content (AvgIpc) is 2.57. The molecule has 0 amide bonds. The van der Waals surface area contributed by atoms with Gasteiger partial charge in [-0.25, -0.2) is 0 Å². The van der Waals surface area contributed by atoms with Gasteiger partial charge in [-0.2, -0.15) is 0 Å². The van der Waals surface area contributed by atoms with Gasteiger partial charge in [0.1, 0.15) is 5.25 Å². The van der Waals surface area contributed by atoms with E-state index in [1.165, 1.54) is 10.8 Å². The van der Waals surface area contributed by atoms with E-state index >= 15 is 0 Å². The van der Waals surface area contributed by atoms with Gasteiger partial charge in [0.15, 0.2) is 0 Å². The Morgan fingerprint density at radius 2 is 1.59 bits per heavy atom. The minimum Gasteiger partial charge on any atom is -0.465 e. The van der Waals surface area contributed by atoms with Crippen LogP contribution in [0.25, 0.3) is 0 Å². The van der Waals surface area contributed by atoms with Crippen molar-refractivity contribution in [3.63, 3.8) is 0 Å². The van der Waals surface area contributed by atoms with Crippen LogP contribution in [0.2, 0.25) is 0 Å². The van der Waals surface area contributed by atoms with Crippen molar-refractivity contribution in [2.75, 3.05) is 6.61 Å². The van der Waals surface area contributed by atoms with Gasteiger partial charge < -0.3 is 4.74 Å². The second-order valence-electron chi connectivity index (χ2n) is 4.38. The molecular weight excluding hydrogens is 316 g/mol. The lowest BCUT2D eigenvalue weighted by Crippen LogP contribution is -2.12. The summed E-state index contributed by atoms with van der Waals surface area (Å²) in [5.41, 5.74) is 1.45. The van der Waals surface area contributed by atoms with Gasteiger partial charge in [0.2, 0.25) is 5.12 Å². The molecule has 5 heteroatoms. The minimum absolute atomic E-state index is 0.0733. The van der Waals surface area contributed by atoms with Crippen LogP contribution in [-0.4, -0.2) is 17.7 Å². The molecule has 3 nitrogen and oxygen atoms in total. The summed E-state index contributed by atoms with van der Waals surface area (Å²) in [5, 5.41) is -0.588. The van der Waals surface area contributed by atoms with Crippen molar-refractivity contribution in [1.29, 1.82) is 0 Å². The smallest absolute Gasteiger partial charge is 0.324 e. The zero-order chi connectivity index (χ0) is 15.8. The van der Waals surface area contributed by atoms with Crippen molar-refractivity contribution in [1.82, 2.24) is 0 Å². The summed E-state index contributed by atoms with van der Waals surface area (Å²) >= 11 is 0. The molecule has 2 aromatic rings. The Labute approximate surface area is 137 Å². The fraction of sp³-hybridized carbons (Fsp3) is 0.176. The first-order valence-corrected chi connectivity index (χ1v) is 9.08. The molecule has 2 aromatic carbocycles. The molecule has 1 unspecified atom stereocenters. The van der Waals surface area contributed by atoms with Crippen molar-refractivity contribution < 1.29 is 14.3 Å². The van der Waals surface area contributed by atoms with E-state index < -0.39 is 5.25 Å². The average molecular weight is 332 g/mol. The quantitative estimate of drug-likeness (QED) is 0.575. The summed E-state index contributed by atoms with van der Waals surface area (Å²) in [5.74, 6) is -0.327. The topological polar surface area (TPSA) is 43.4 Å². The van der Waals surface area contributed by atoms with E-state index in [1.54, 1.807) is 19.1 Å². The van der Waals surface area contributed by atoms with Crippen LogP contribution in [0, 0.1) is 0 Å². The highest BCUT2D eigenvalue weighted by atomic mass is 33.1. The van der Waals surface area contributed by atoms with Gasteiger partial charge >= 0.3 is 5.97 Å². The van der Waals surface area contributed by atoms with Gasteiger partial charge in [-0.3, -0.25) is 9.59 Å². The Bertz CT molecular complexity index is 614. The molecule has 114 valence electrons. The highest BCUT2D eigenvalue weighted by Gasteiger charge is 2.24. The summed E-state index contributed by atoms with van der Waals surface area (Å²) in [4.78, 5) is 24.3. The van der Waals surface area contributed by atoms with Crippen molar-refractivity contribution in [2.24, 2.45) is 0 Å². The van der Waals surface area contributed by atoms with Crippen molar-refractivity contribution in [3.8, 4) is 0 Å².